The molecule has 2 aromatic heterocycles. The number of fused-ring (bicyclic) bond motifs is 1. The summed E-state index contributed by atoms with van der Waals surface area (Å²) in [6.45, 7) is 7.62. The van der Waals surface area contributed by atoms with Gasteiger partial charge in [0.15, 0.2) is 0 Å². The Kier molecular flexibility index (Phi) is 5.48. The maximum atomic E-state index is 12.8. The van der Waals surface area contributed by atoms with Gasteiger partial charge in [-0.25, -0.2) is 4.98 Å². The number of hydrogen-bond acceptors (Lipinski definition) is 3. The fourth-order valence-electron chi connectivity index (χ4n) is 4.17. The predicted octanol–water partition coefficient (Wildman–Crippen LogP) is 2.32. The lowest BCUT2D eigenvalue weighted by atomic mass is 10.1. The number of nitrogens with zero attached hydrogens (tertiary/aromatic N) is 5. The van der Waals surface area contributed by atoms with Crippen LogP contribution in [0.5, 0.6) is 0 Å². The first kappa shape index (κ1) is 18.7. The second kappa shape index (κ2) is 8.19. The molecular formula is C22H29N5O. The lowest BCUT2D eigenvalue weighted by molar-refractivity contribution is -0.132. The predicted molar refractivity (Wildman–Crippen MR) is 111 cm³/mol. The normalized spacial score (nSPS) is 15.4. The summed E-state index contributed by atoms with van der Waals surface area (Å²) in [7, 11) is 2.04. The first-order chi connectivity index (χ1) is 13.7. The number of carbonyl (C=O) groups excluding carboxylic acids is 1. The second-order valence-corrected chi connectivity index (χ2v) is 7.57. The van der Waals surface area contributed by atoms with Crippen LogP contribution in [0, 0.1) is 0 Å². The summed E-state index contributed by atoms with van der Waals surface area (Å²) >= 11 is 0. The summed E-state index contributed by atoms with van der Waals surface area (Å²) in [4.78, 5) is 21.7. The number of imidazole rings is 1. The van der Waals surface area contributed by atoms with Crippen LogP contribution in [0.2, 0.25) is 0 Å². The Morgan fingerprint density at radius 2 is 1.89 bits per heavy atom. The van der Waals surface area contributed by atoms with Crippen molar-refractivity contribution in [1.29, 1.82) is 0 Å². The van der Waals surface area contributed by atoms with Crippen LogP contribution in [-0.2, 0) is 31.2 Å². The number of aryl methyl sites for hydroxylation is 2. The fraction of sp³-hybridized carbons (Fsp3) is 0.455. The minimum atomic E-state index is 0.235. The molecule has 6 heteroatoms. The van der Waals surface area contributed by atoms with Crippen LogP contribution < -0.4 is 0 Å². The Bertz CT molecular complexity index is 949. The number of rotatable bonds is 6. The molecule has 0 atom stereocenters. The Labute approximate surface area is 166 Å². The molecule has 0 unspecified atom stereocenters. The van der Waals surface area contributed by atoms with Crippen molar-refractivity contribution < 1.29 is 4.79 Å². The summed E-state index contributed by atoms with van der Waals surface area (Å²) in [5.41, 5.74) is 2.30. The molecule has 1 amide bonds. The Hall–Kier alpha value is -2.60. The van der Waals surface area contributed by atoms with Gasteiger partial charge >= 0.3 is 0 Å². The zero-order valence-electron chi connectivity index (χ0n) is 16.8. The molecule has 1 aliphatic rings. The van der Waals surface area contributed by atoms with Crippen molar-refractivity contribution in [3.05, 3.63) is 54.2 Å². The first-order valence-corrected chi connectivity index (χ1v) is 10.2. The number of amides is 1. The minimum Gasteiger partial charge on any atom is -0.350 e. The molecule has 0 radical (unpaired) electrons. The van der Waals surface area contributed by atoms with Crippen LogP contribution in [0.4, 0.5) is 0 Å². The third-order valence-corrected chi connectivity index (χ3v) is 5.82. The molecule has 1 fully saturated rings. The summed E-state index contributed by atoms with van der Waals surface area (Å²) in [6.07, 6.45) is 7.47. The van der Waals surface area contributed by atoms with Crippen LogP contribution >= 0.6 is 0 Å². The molecule has 0 spiro atoms. The van der Waals surface area contributed by atoms with Gasteiger partial charge in [-0.05, 0) is 11.6 Å². The fourth-order valence-corrected chi connectivity index (χ4v) is 4.17. The molecule has 28 heavy (non-hydrogen) atoms. The summed E-state index contributed by atoms with van der Waals surface area (Å²) in [6, 6.07) is 8.29. The maximum Gasteiger partial charge on any atom is 0.227 e. The van der Waals surface area contributed by atoms with E-state index in [1.165, 1.54) is 10.9 Å². The largest absolute Gasteiger partial charge is 0.350 e. The van der Waals surface area contributed by atoms with E-state index in [2.05, 4.69) is 50.5 Å². The molecule has 1 aromatic carbocycles. The number of piperazine rings is 1. The average molecular weight is 380 g/mol. The van der Waals surface area contributed by atoms with Gasteiger partial charge in [0.25, 0.3) is 0 Å². The third kappa shape index (κ3) is 3.83. The number of hydrogen-bond donors (Lipinski definition) is 0. The van der Waals surface area contributed by atoms with Gasteiger partial charge < -0.3 is 14.0 Å². The molecule has 6 nitrogen and oxygen atoms in total. The number of benzene rings is 1. The van der Waals surface area contributed by atoms with Crippen molar-refractivity contribution in [2.45, 2.75) is 26.3 Å². The van der Waals surface area contributed by atoms with Gasteiger partial charge in [-0.2, -0.15) is 0 Å². The Morgan fingerprint density at radius 1 is 1.11 bits per heavy atom. The van der Waals surface area contributed by atoms with Crippen molar-refractivity contribution in [2.24, 2.45) is 7.05 Å². The molecule has 4 rings (SSSR count). The number of carbonyl (C=O) groups is 1. The summed E-state index contributed by atoms with van der Waals surface area (Å²) in [5.74, 6) is 1.38. The van der Waals surface area contributed by atoms with E-state index in [1.807, 2.05) is 30.3 Å². The molecule has 0 N–H and O–H groups in total. The van der Waals surface area contributed by atoms with Crippen molar-refractivity contribution >= 4 is 16.8 Å². The van der Waals surface area contributed by atoms with E-state index >= 15 is 0 Å². The second-order valence-electron chi connectivity index (χ2n) is 7.57. The molecule has 3 heterocycles. The third-order valence-electron chi connectivity index (χ3n) is 5.82. The van der Waals surface area contributed by atoms with Crippen LogP contribution in [0.3, 0.4) is 0 Å². The van der Waals surface area contributed by atoms with Gasteiger partial charge in [0, 0.05) is 82.2 Å². The standard InChI is InChI=1S/C22H29N5O/c1-3-21-23-8-9-26(21)13-10-25-11-14-27(15-12-25)22(28)16-18-17-24(2)20-7-5-4-6-19(18)20/h4-9,17H,3,10-16H2,1-2H3. The summed E-state index contributed by atoms with van der Waals surface area (Å²) < 4.78 is 4.34. The topological polar surface area (TPSA) is 46.3 Å². The van der Waals surface area contributed by atoms with Gasteiger partial charge in [-0.1, -0.05) is 25.1 Å². The SMILES string of the molecule is CCc1nccn1CCN1CCN(C(=O)Cc2cn(C)c3ccccc23)CC1. The Morgan fingerprint density at radius 3 is 2.68 bits per heavy atom. The van der Waals surface area contributed by atoms with Crippen molar-refractivity contribution in [3.63, 3.8) is 0 Å². The minimum absolute atomic E-state index is 0.235. The molecule has 1 aliphatic heterocycles. The van der Waals surface area contributed by atoms with E-state index in [0.717, 1.165) is 57.1 Å². The van der Waals surface area contributed by atoms with E-state index in [9.17, 15) is 4.79 Å². The molecule has 1 saturated heterocycles. The molecule has 0 aliphatic carbocycles. The highest BCUT2D eigenvalue weighted by molar-refractivity contribution is 5.89. The molecule has 0 saturated carbocycles. The van der Waals surface area contributed by atoms with Crippen molar-refractivity contribution in [3.8, 4) is 0 Å². The average Bonchev–Trinajstić information content (AvgIpc) is 3.31. The van der Waals surface area contributed by atoms with Gasteiger partial charge in [-0.15, -0.1) is 0 Å². The lowest BCUT2D eigenvalue weighted by Crippen LogP contribution is -2.49. The van der Waals surface area contributed by atoms with Crippen molar-refractivity contribution in [2.75, 3.05) is 32.7 Å². The van der Waals surface area contributed by atoms with Gasteiger partial charge in [0.2, 0.25) is 5.91 Å². The first-order valence-electron chi connectivity index (χ1n) is 10.2. The number of aromatic nitrogens is 3. The Balaban J connectivity index is 1.30. The maximum absolute atomic E-state index is 12.8. The molecule has 3 aromatic rings. The van der Waals surface area contributed by atoms with E-state index in [4.69, 9.17) is 0 Å². The van der Waals surface area contributed by atoms with Crippen LogP contribution in [0.15, 0.2) is 42.9 Å². The van der Waals surface area contributed by atoms with E-state index < -0.39 is 0 Å². The zero-order chi connectivity index (χ0) is 19.5. The van der Waals surface area contributed by atoms with E-state index in [-0.39, 0.29) is 5.91 Å². The quantitative estimate of drug-likeness (QED) is 0.660. The highest BCUT2D eigenvalue weighted by atomic mass is 16.2. The zero-order valence-corrected chi connectivity index (χ0v) is 16.8. The monoisotopic (exact) mass is 379 g/mol. The van der Waals surface area contributed by atoms with Crippen molar-refractivity contribution in [1.82, 2.24) is 23.9 Å². The van der Waals surface area contributed by atoms with Gasteiger partial charge in [0.1, 0.15) is 5.82 Å². The smallest absolute Gasteiger partial charge is 0.227 e. The van der Waals surface area contributed by atoms with Crippen LogP contribution in [0.25, 0.3) is 10.9 Å². The highest BCUT2D eigenvalue weighted by Gasteiger charge is 2.22. The summed E-state index contributed by atoms with van der Waals surface area (Å²) in [5, 5.41) is 1.18. The molecule has 0 bridgehead atoms. The molecule has 148 valence electrons. The van der Waals surface area contributed by atoms with Crippen LogP contribution in [-0.4, -0.2) is 62.5 Å². The number of para-hydroxylation sites is 1. The van der Waals surface area contributed by atoms with Crippen LogP contribution in [0.1, 0.15) is 18.3 Å². The van der Waals surface area contributed by atoms with E-state index in [0.29, 0.717) is 6.42 Å². The molecular weight excluding hydrogens is 350 g/mol. The lowest BCUT2D eigenvalue weighted by Gasteiger charge is -2.35. The van der Waals surface area contributed by atoms with E-state index in [1.54, 1.807) is 0 Å². The van der Waals surface area contributed by atoms with Gasteiger partial charge in [-0.3, -0.25) is 9.69 Å². The van der Waals surface area contributed by atoms with Gasteiger partial charge in [0.05, 0.1) is 6.42 Å². The highest BCUT2D eigenvalue weighted by Crippen LogP contribution is 2.21.